The zero-order chi connectivity index (χ0) is 11.5. The molecular weight excluding hydrogens is 208 g/mol. The number of nitrogens with one attached hydrogen (secondary N) is 1. The van der Waals surface area contributed by atoms with Gasteiger partial charge in [0.15, 0.2) is 5.69 Å². The Balaban J connectivity index is 2.16. The lowest BCUT2D eigenvalue weighted by molar-refractivity contribution is -0.0771. The smallest absolute Gasteiger partial charge is 0.300 e. The SMILES string of the molecule is CCCc1[nH]nc(C(=O)N2CCCO2)c1N. The molecule has 1 saturated heterocycles. The zero-order valence-electron chi connectivity index (χ0n) is 9.32. The van der Waals surface area contributed by atoms with Crippen molar-refractivity contribution in [3.8, 4) is 0 Å². The van der Waals surface area contributed by atoms with Crippen molar-refractivity contribution in [2.24, 2.45) is 0 Å². The van der Waals surface area contributed by atoms with Gasteiger partial charge in [0.2, 0.25) is 0 Å². The van der Waals surface area contributed by atoms with Gasteiger partial charge in [0.25, 0.3) is 5.91 Å². The molecule has 0 spiro atoms. The van der Waals surface area contributed by atoms with E-state index in [1.807, 2.05) is 6.92 Å². The second-order valence-electron chi connectivity index (χ2n) is 3.81. The molecule has 1 aliphatic heterocycles. The van der Waals surface area contributed by atoms with E-state index in [0.717, 1.165) is 25.0 Å². The summed E-state index contributed by atoms with van der Waals surface area (Å²) in [5.74, 6) is -0.256. The van der Waals surface area contributed by atoms with Crippen LogP contribution in [0.2, 0.25) is 0 Å². The van der Waals surface area contributed by atoms with E-state index >= 15 is 0 Å². The number of carbonyl (C=O) groups is 1. The molecule has 0 aromatic carbocycles. The highest BCUT2D eigenvalue weighted by Gasteiger charge is 2.25. The van der Waals surface area contributed by atoms with Gasteiger partial charge in [0, 0.05) is 0 Å². The Kier molecular flexibility index (Phi) is 3.09. The van der Waals surface area contributed by atoms with Gasteiger partial charge in [0.1, 0.15) is 0 Å². The fourth-order valence-electron chi connectivity index (χ4n) is 1.72. The number of anilines is 1. The minimum atomic E-state index is -0.256. The third-order valence-electron chi connectivity index (χ3n) is 2.56. The first-order valence-corrected chi connectivity index (χ1v) is 5.51. The van der Waals surface area contributed by atoms with Crippen LogP contribution in [0.3, 0.4) is 0 Å². The molecule has 0 atom stereocenters. The second-order valence-corrected chi connectivity index (χ2v) is 3.81. The molecule has 0 radical (unpaired) electrons. The first-order valence-electron chi connectivity index (χ1n) is 5.51. The van der Waals surface area contributed by atoms with Crippen molar-refractivity contribution in [3.63, 3.8) is 0 Å². The maximum atomic E-state index is 11.9. The summed E-state index contributed by atoms with van der Waals surface area (Å²) in [6.07, 6.45) is 2.62. The summed E-state index contributed by atoms with van der Waals surface area (Å²) in [5.41, 5.74) is 7.40. The predicted molar refractivity (Wildman–Crippen MR) is 58.6 cm³/mol. The van der Waals surface area contributed by atoms with E-state index in [1.165, 1.54) is 5.06 Å². The highest BCUT2D eigenvalue weighted by Crippen LogP contribution is 2.19. The van der Waals surface area contributed by atoms with Crippen LogP contribution >= 0.6 is 0 Å². The summed E-state index contributed by atoms with van der Waals surface area (Å²) >= 11 is 0. The Hall–Kier alpha value is -1.56. The van der Waals surface area contributed by atoms with E-state index in [-0.39, 0.29) is 11.6 Å². The van der Waals surface area contributed by atoms with Crippen LogP contribution in [-0.2, 0) is 11.3 Å². The molecule has 0 bridgehead atoms. The standard InChI is InChI=1S/C10H16N4O2/c1-2-4-7-8(11)9(13-12-7)10(15)14-5-3-6-16-14/h2-6,11H2,1H3,(H,12,13). The van der Waals surface area contributed by atoms with E-state index in [1.54, 1.807) is 0 Å². The van der Waals surface area contributed by atoms with E-state index in [9.17, 15) is 4.79 Å². The van der Waals surface area contributed by atoms with Crippen molar-refractivity contribution in [1.82, 2.24) is 15.3 Å². The number of nitrogens with zero attached hydrogens (tertiary/aromatic N) is 2. The molecule has 0 saturated carbocycles. The number of carbonyl (C=O) groups excluding carboxylic acids is 1. The molecule has 6 nitrogen and oxygen atoms in total. The molecule has 1 amide bonds. The summed E-state index contributed by atoms with van der Waals surface area (Å²) in [4.78, 5) is 17.1. The molecule has 16 heavy (non-hydrogen) atoms. The number of H-pyrrole nitrogens is 1. The summed E-state index contributed by atoms with van der Waals surface area (Å²) in [7, 11) is 0. The Morgan fingerprint density at radius 3 is 3.12 bits per heavy atom. The largest absolute Gasteiger partial charge is 0.395 e. The predicted octanol–water partition coefficient (Wildman–Crippen LogP) is 0.722. The van der Waals surface area contributed by atoms with Crippen LogP contribution in [0.4, 0.5) is 5.69 Å². The maximum absolute atomic E-state index is 11.9. The lowest BCUT2D eigenvalue weighted by Crippen LogP contribution is -2.27. The van der Waals surface area contributed by atoms with Crippen molar-refractivity contribution in [2.75, 3.05) is 18.9 Å². The van der Waals surface area contributed by atoms with Gasteiger partial charge < -0.3 is 5.73 Å². The van der Waals surface area contributed by atoms with Gasteiger partial charge >= 0.3 is 0 Å². The molecular formula is C10H16N4O2. The summed E-state index contributed by atoms with van der Waals surface area (Å²) in [6, 6.07) is 0. The molecule has 3 N–H and O–H groups in total. The number of aromatic amines is 1. The number of hydrogen-bond donors (Lipinski definition) is 2. The maximum Gasteiger partial charge on any atom is 0.300 e. The van der Waals surface area contributed by atoms with Gasteiger partial charge in [-0.05, 0) is 12.8 Å². The topological polar surface area (TPSA) is 84.2 Å². The molecule has 0 unspecified atom stereocenters. The second kappa shape index (κ2) is 4.52. The number of nitrogen functional groups attached to an aromatic ring is 1. The average molecular weight is 224 g/mol. The molecule has 2 heterocycles. The summed E-state index contributed by atoms with van der Waals surface area (Å²) in [6.45, 7) is 3.23. The van der Waals surface area contributed by atoms with Gasteiger partial charge in [-0.15, -0.1) is 0 Å². The third-order valence-corrected chi connectivity index (χ3v) is 2.56. The van der Waals surface area contributed by atoms with Crippen molar-refractivity contribution < 1.29 is 9.63 Å². The zero-order valence-corrected chi connectivity index (χ0v) is 9.32. The first kappa shape index (κ1) is 10.9. The van der Waals surface area contributed by atoms with Gasteiger partial charge in [-0.25, -0.2) is 5.06 Å². The van der Waals surface area contributed by atoms with Crippen LogP contribution in [0.5, 0.6) is 0 Å². The number of amides is 1. The van der Waals surface area contributed by atoms with Gasteiger partial charge in [-0.3, -0.25) is 14.7 Å². The molecule has 2 rings (SSSR count). The fourth-order valence-corrected chi connectivity index (χ4v) is 1.72. The number of hydroxylamine groups is 2. The van der Waals surface area contributed by atoms with Crippen LogP contribution in [-0.4, -0.2) is 34.3 Å². The molecule has 6 heteroatoms. The Bertz CT molecular complexity index is 382. The van der Waals surface area contributed by atoms with Gasteiger partial charge in [-0.1, -0.05) is 13.3 Å². The molecule has 0 aliphatic carbocycles. The Morgan fingerprint density at radius 2 is 2.50 bits per heavy atom. The van der Waals surface area contributed by atoms with Crippen molar-refractivity contribution in [1.29, 1.82) is 0 Å². The van der Waals surface area contributed by atoms with Crippen LogP contribution in [0.25, 0.3) is 0 Å². The molecule has 1 aliphatic rings. The minimum Gasteiger partial charge on any atom is -0.395 e. The minimum absolute atomic E-state index is 0.256. The number of aromatic nitrogens is 2. The highest BCUT2D eigenvalue weighted by molar-refractivity contribution is 5.97. The Labute approximate surface area is 93.7 Å². The first-order chi connectivity index (χ1) is 7.74. The number of rotatable bonds is 3. The third kappa shape index (κ3) is 1.88. The lowest BCUT2D eigenvalue weighted by atomic mass is 10.2. The average Bonchev–Trinajstić information content (AvgIpc) is 2.89. The van der Waals surface area contributed by atoms with E-state index in [2.05, 4.69) is 10.2 Å². The van der Waals surface area contributed by atoms with E-state index < -0.39 is 0 Å². The Morgan fingerprint density at radius 1 is 1.69 bits per heavy atom. The van der Waals surface area contributed by atoms with Crippen LogP contribution in [0.15, 0.2) is 0 Å². The molecule has 1 aromatic rings. The van der Waals surface area contributed by atoms with Crippen LogP contribution in [0.1, 0.15) is 35.9 Å². The van der Waals surface area contributed by atoms with Gasteiger partial charge in [-0.2, -0.15) is 5.10 Å². The van der Waals surface area contributed by atoms with Crippen molar-refractivity contribution in [3.05, 3.63) is 11.4 Å². The van der Waals surface area contributed by atoms with Crippen LogP contribution in [0, 0.1) is 0 Å². The number of hydrogen-bond acceptors (Lipinski definition) is 4. The normalized spacial score (nSPS) is 15.7. The summed E-state index contributed by atoms with van der Waals surface area (Å²) < 4.78 is 0. The molecule has 88 valence electrons. The van der Waals surface area contributed by atoms with E-state index in [4.69, 9.17) is 10.6 Å². The van der Waals surface area contributed by atoms with Crippen molar-refractivity contribution >= 4 is 11.6 Å². The number of nitrogens with two attached hydrogens (primary N) is 1. The molecule has 1 fully saturated rings. The lowest BCUT2D eigenvalue weighted by Gasteiger charge is -2.12. The highest BCUT2D eigenvalue weighted by atomic mass is 16.7. The van der Waals surface area contributed by atoms with Crippen molar-refractivity contribution in [2.45, 2.75) is 26.2 Å². The van der Waals surface area contributed by atoms with E-state index in [0.29, 0.717) is 18.8 Å². The van der Waals surface area contributed by atoms with Gasteiger partial charge in [0.05, 0.1) is 24.5 Å². The quantitative estimate of drug-likeness (QED) is 0.792. The summed E-state index contributed by atoms with van der Waals surface area (Å²) in [5, 5.41) is 8.08. The van der Waals surface area contributed by atoms with Crippen LogP contribution < -0.4 is 5.73 Å². The monoisotopic (exact) mass is 224 g/mol. The molecule has 1 aromatic heterocycles. The fraction of sp³-hybridized carbons (Fsp3) is 0.600. The number of aryl methyl sites for hydroxylation is 1.